The lowest BCUT2D eigenvalue weighted by molar-refractivity contribution is 0.150. The molecule has 1 aliphatic heterocycles. The Morgan fingerprint density at radius 3 is 2.73 bits per heavy atom. The van der Waals surface area contributed by atoms with E-state index < -0.39 is 6.09 Å². The van der Waals surface area contributed by atoms with Crippen LogP contribution in [0, 0.1) is 18.8 Å². The van der Waals surface area contributed by atoms with E-state index in [4.69, 9.17) is 9.63 Å². The molecule has 2 aliphatic rings. The third kappa shape index (κ3) is 1.22. The first-order valence-electron chi connectivity index (χ1n) is 5.08. The average Bonchev–Trinajstić information content (AvgIpc) is 2.62. The molecule has 2 atom stereocenters. The molecule has 15 heavy (non-hydrogen) atoms. The number of nitrogens with zero attached hydrogens (tertiary/aromatic N) is 2. The predicted molar refractivity (Wildman–Crippen MR) is 50.6 cm³/mol. The number of aryl methyl sites for hydroxylation is 1. The van der Waals surface area contributed by atoms with Crippen molar-refractivity contribution in [2.24, 2.45) is 11.8 Å². The first kappa shape index (κ1) is 8.76. The summed E-state index contributed by atoms with van der Waals surface area (Å²) >= 11 is 0. The molecule has 1 N–H and O–H groups in total. The van der Waals surface area contributed by atoms with Gasteiger partial charge in [0.05, 0.1) is 5.69 Å². The molecule has 1 aliphatic carbocycles. The van der Waals surface area contributed by atoms with Crippen LogP contribution in [-0.4, -0.2) is 34.3 Å². The van der Waals surface area contributed by atoms with Crippen LogP contribution >= 0.6 is 0 Å². The van der Waals surface area contributed by atoms with E-state index in [2.05, 4.69) is 5.16 Å². The van der Waals surface area contributed by atoms with Crippen LogP contribution in [-0.2, 0) is 0 Å². The second-order valence-electron chi connectivity index (χ2n) is 4.40. The lowest BCUT2D eigenvalue weighted by atomic mass is 10.2. The lowest BCUT2D eigenvalue weighted by Crippen LogP contribution is -2.29. The topological polar surface area (TPSA) is 66.6 Å². The van der Waals surface area contributed by atoms with Crippen LogP contribution in [0.4, 0.5) is 4.79 Å². The Morgan fingerprint density at radius 2 is 2.27 bits per heavy atom. The Morgan fingerprint density at radius 1 is 1.60 bits per heavy atom. The number of hydrogen-bond acceptors (Lipinski definition) is 3. The zero-order valence-electron chi connectivity index (χ0n) is 8.38. The molecule has 0 aromatic carbocycles. The maximum absolute atomic E-state index is 10.7. The number of hydrogen-bond donors (Lipinski definition) is 1. The van der Waals surface area contributed by atoms with E-state index in [9.17, 15) is 4.79 Å². The standard InChI is InChI=1S/C10H12N2O3/c1-5-2-8(11-15-5)9-6-3-12(10(13)14)4-7(6)9/h2,6-7,9H,3-4H2,1H3,(H,13,14). The van der Waals surface area contributed by atoms with Gasteiger partial charge in [0.1, 0.15) is 5.76 Å². The maximum atomic E-state index is 10.7. The third-order valence-electron chi connectivity index (χ3n) is 3.45. The summed E-state index contributed by atoms with van der Waals surface area (Å²) in [6.07, 6.45) is -0.808. The Balaban J connectivity index is 1.70. The highest BCUT2D eigenvalue weighted by atomic mass is 16.5. The number of likely N-dealkylation sites (tertiary alicyclic amines) is 1. The van der Waals surface area contributed by atoms with Crippen molar-refractivity contribution in [1.29, 1.82) is 0 Å². The van der Waals surface area contributed by atoms with Gasteiger partial charge in [-0.05, 0) is 18.8 Å². The minimum atomic E-state index is -0.808. The molecule has 2 fully saturated rings. The van der Waals surface area contributed by atoms with Gasteiger partial charge in [-0.15, -0.1) is 0 Å². The molecule has 1 aromatic rings. The predicted octanol–water partition coefficient (Wildman–Crippen LogP) is 1.31. The van der Waals surface area contributed by atoms with Crippen molar-refractivity contribution < 1.29 is 14.4 Å². The van der Waals surface area contributed by atoms with Crippen molar-refractivity contribution in [2.75, 3.05) is 13.1 Å². The molecule has 1 aromatic heterocycles. The fourth-order valence-corrected chi connectivity index (χ4v) is 2.66. The first-order valence-corrected chi connectivity index (χ1v) is 5.08. The van der Waals surface area contributed by atoms with Crippen LogP contribution in [0.2, 0.25) is 0 Å². The second kappa shape index (κ2) is 2.74. The fourth-order valence-electron chi connectivity index (χ4n) is 2.66. The highest BCUT2D eigenvalue weighted by Crippen LogP contribution is 2.57. The summed E-state index contributed by atoms with van der Waals surface area (Å²) in [4.78, 5) is 12.2. The van der Waals surface area contributed by atoms with E-state index in [0.29, 0.717) is 30.8 Å². The minimum absolute atomic E-state index is 0.429. The molecule has 1 amide bonds. The highest BCUT2D eigenvalue weighted by Gasteiger charge is 2.58. The van der Waals surface area contributed by atoms with Gasteiger partial charge >= 0.3 is 6.09 Å². The van der Waals surface area contributed by atoms with Crippen LogP contribution in [0.15, 0.2) is 10.6 Å². The largest absolute Gasteiger partial charge is 0.465 e. The van der Waals surface area contributed by atoms with Gasteiger partial charge in [0, 0.05) is 25.1 Å². The van der Waals surface area contributed by atoms with Gasteiger partial charge in [0.2, 0.25) is 0 Å². The van der Waals surface area contributed by atoms with E-state index in [-0.39, 0.29) is 0 Å². The number of aromatic nitrogens is 1. The second-order valence-corrected chi connectivity index (χ2v) is 4.40. The lowest BCUT2D eigenvalue weighted by Gasteiger charge is -2.14. The fraction of sp³-hybridized carbons (Fsp3) is 0.600. The summed E-state index contributed by atoms with van der Waals surface area (Å²) in [5, 5.41) is 12.8. The quantitative estimate of drug-likeness (QED) is 0.755. The van der Waals surface area contributed by atoms with Crippen molar-refractivity contribution in [3.05, 3.63) is 17.5 Å². The van der Waals surface area contributed by atoms with Crippen LogP contribution in [0.3, 0.4) is 0 Å². The SMILES string of the molecule is Cc1cc(C2C3CN(C(=O)O)CC32)no1. The Labute approximate surface area is 86.7 Å². The van der Waals surface area contributed by atoms with Gasteiger partial charge in [-0.2, -0.15) is 0 Å². The van der Waals surface area contributed by atoms with Crippen LogP contribution in [0.5, 0.6) is 0 Å². The molecule has 5 heteroatoms. The molecule has 3 rings (SSSR count). The molecule has 0 bridgehead atoms. The maximum Gasteiger partial charge on any atom is 0.407 e. The zero-order chi connectivity index (χ0) is 10.6. The summed E-state index contributed by atoms with van der Waals surface area (Å²) in [5.74, 6) is 2.18. The molecule has 0 radical (unpaired) electrons. The number of fused-ring (bicyclic) bond motifs is 1. The van der Waals surface area contributed by atoms with Crippen LogP contribution in [0.1, 0.15) is 17.4 Å². The van der Waals surface area contributed by atoms with Gasteiger partial charge in [-0.3, -0.25) is 0 Å². The van der Waals surface area contributed by atoms with E-state index in [0.717, 1.165) is 11.5 Å². The summed E-state index contributed by atoms with van der Waals surface area (Å²) in [5.41, 5.74) is 0.993. The van der Waals surface area contributed by atoms with E-state index in [1.165, 1.54) is 4.90 Å². The number of amides is 1. The summed E-state index contributed by atoms with van der Waals surface area (Å²) in [6.45, 7) is 3.17. The molecule has 1 saturated carbocycles. The van der Waals surface area contributed by atoms with Crippen LogP contribution in [0.25, 0.3) is 0 Å². The zero-order valence-corrected chi connectivity index (χ0v) is 8.38. The summed E-state index contributed by atoms with van der Waals surface area (Å²) < 4.78 is 5.03. The van der Waals surface area contributed by atoms with Crippen molar-refractivity contribution in [3.63, 3.8) is 0 Å². The molecule has 1 saturated heterocycles. The van der Waals surface area contributed by atoms with E-state index >= 15 is 0 Å². The molecule has 5 nitrogen and oxygen atoms in total. The molecular formula is C10H12N2O3. The molecule has 2 heterocycles. The van der Waals surface area contributed by atoms with Gasteiger partial charge < -0.3 is 14.5 Å². The highest BCUT2D eigenvalue weighted by molar-refractivity contribution is 5.66. The summed E-state index contributed by atoms with van der Waals surface area (Å²) in [7, 11) is 0. The average molecular weight is 208 g/mol. The molecular weight excluding hydrogens is 196 g/mol. The number of rotatable bonds is 1. The monoisotopic (exact) mass is 208 g/mol. The Kier molecular flexibility index (Phi) is 1.60. The smallest absolute Gasteiger partial charge is 0.407 e. The third-order valence-corrected chi connectivity index (χ3v) is 3.45. The first-order chi connectivity index (χ1) is 7.16. The number of piperidine rings is 1. The normalized spacial score (nSPS) is 32.9. The van der Waals surface area contributed by atoms with E-state index in [1.807, 2.05) is 13.0 Å². The van der Waals surface area contributed by atoms with Crippen molar-refractivity contribution in [1.82, 2.24) is 10.1 Å². The van der Waals surface area contributed by atoms with Gasteiger partial charge in [0.25, 0.3) is 0 Å². The Bertz CT molecular complexity index is 403. The van der Waals surface area contributed by atoms with Crippen molar-refractivity contribution in [2.45, 2.75) is 12.8 Å². The van der Waals surface area contributed by atoms with Gasteiger partial charge in [0.15, 0.2) is 0 Å². The number of carboxylic acid groups (broad SMARTS) is 1. The van der Waals surface area contributed by atoms with Crippen molar-refractivity contribution >= 4 is 6.09 Å². The molecule has 2 unspecified atom stereocenters. The van der Waals surface area contributed by atoms with E-state index in [1.54, 1.807) is 0 Å². The van der Waals surface area contributed by atoms with Crippen LogP contribution < -0.4 is 0 Å². The van der Waals surface area contributed by atoms with Gasteiger partial charge in [-0.25, -0.2) is 4.79 Å². The summed E-state index contributed by atoms with van der Waals surface area (Å²) in [6, 6.07) is 1.95. The molecule has 0 spiro atoms. The Hall–Kier alpha value is -1.52. The number of carbonyl (C=O) groups is 1. The van der Waals surface area contributed by atoms with Gasteiger partial charge in [-0.1, -0.05) is 5.16 Å². The molecule has 80 valence electrons. The minimum Gasteiger partial charge on any atom is -0.465 e. The van der Waals surface area contributed by atoms with Crippen molar-refractivity contribution in [3.8, 4) is 0 Å².